The van der Waals surface area contributed by atoms with Crippen molar-refractivity contribution in [1.82, 2.24) is 4.90 Å². The molecule has 0 aliphatic carbocycles. The van der Waals surface area contributed by atoms with E-state index in [9.17, 15) is 24.1 Å². The molecule has 1 aliphatic rings. The van der Waals surface area contributed by atoms with Gasteiger partial charge in [0.15, 0.2) is 11.5 Å². The van der Waals surface area contributed by atoms with Crippen LogP contribution < -0.4 is 9.47 Å². The van der Waals surface area contributed by atoms with Crippen molar-refractivity contribution in [3.8, 4) is 11.5 Å². The molecule has 10 heteroatoms. The Balaban J connectivity index is 1.55. The summed E-state index contributed by atoms with van der Waals surface area (Å²) in [5, 5.41) is 10.4. The number of thioether (sulfide) groups is 1. The zero-order chi connectivity index (χ0) is 24.9. The Morgan fingerprint density at radius 1 is 1.03 bits per heavy atom. The van der Waals surface area contributed by atoms with Crippen molar-refractivity contribution in [2.24, 2.45) is 0 Å². The number of carbonyl (C=O) groups excluding carboxylic acids is 2. The maximum absolute atomic E-state index is 13.2. The molecular formula is C25H19FN2O6S. The molecule has 0 atom stereocenters. The second kappa shape index (κ2) is 10.4. The van der Waals surface area contributed by atoms with Crippen LogP contribution in [-0.2, 0) is 17.9 Å². The number of benzene rings is 3. The lowest BCUT2D eigenvalue weighted by Crippen LogP contribution is -2.27. The van der Waals surface area contributed by atoms with E-state index in [0.29, 0.717) is 22.6 Å². The SMILES string of the molecule is COc1cccc(/C=C2\SC(=O)N(Cc3ccc([N+](=O)[O-])cc3)C2=O)c1OCc1ccc(F)cc1. The van der Waals surface area contributed by atoms with Crippen LogP contribution >= 0.6 is 11.8 Å². The lowest BCUT2D eigenvalue weighted by molar-refractivity contribution is -0.384. The summed E-state index contributed by atoms with van der Waals surface area (Å²) in [5.41, 5.74) is 1.79. The van der Waals surface area contributed by atoms with E-state index >= 15 is 0 Å². The molecule has 0 saturated carbocycles. The summed E-state index contributed by atoms with van der Waals surface area (Å²) in [5.74, 6) is -0.0192. The lowest BCUT2D eigenvalue weighted by Gasteiger charge is -2.14. The third-order valence-electron chi connectivity index (χ3n) is 5.17. The van der Waals surface area contributed by atoms with Gasteiger partial charge in [0.1, 0.15) is 12.4 Å². The van der Waals surface area contributed by atoms with Gasteiger partial charge in [0, 0.05) is 17.7 Å². The van der Waals surface area contributed by atoms with Crippen molar-refractivity contribution < 1.29 is 28.4 Å². The molecule has 3 aromatic rings. The molecule has 1 saturated heterocycles. The van der Waals surface area contributed by atoms with Gasteiger partial charge >= 0.3 is 0 Å². The number of hydrogen-bond acceptors (Lipinski definition) is 7. The fourth-order valence-corrected chi connectivity index (χ4v) is 4.21. The van der Waals surface area contributed by atoms with Crippen molar-refractivity contribution in [1.29, 1.82) is 0 Å². The second-order valence-corrected chi connectivity index (χ2v) is 8.48. The van der Waals surface area contributed by atoms with Crippen molar-refractivity contribution in [3.05, 3.63) is 104 Å². The van der Waals surface area contributed by atoms with Crippen LogP contribution in [0.15, 0.2) is 71.6 Å². The number of para-hydroxylation sites is 1. The van der Waals surface area contributed by atoms with Gasteiger partial charge in [0.25, 0.3) is 16.8 Å². The van der Waals surface area contributed by atoms with Crippen molar-refractivity contribution in [3.63, 3.8) is 0 Å². The zero-order valence-electron chi connectivity index (χ0n) is 18.5. The van der Waals surface area contributed by atoms with Crippen LogP contribution in [0.1, 0.15) is 16.7 Å². The normalized spacial score (nSPS) is 14.5. The number of carbonyl (C=O) groups is 2. The average Bonchev–Trinajstić information content (AvgIpc) is 3.11. The first kappa shape index (κ1) is 24.0. The Morgan fingerprint density at radius 2 is 1.71 bits per heavy atom. The Bertz CT molecular complexity index is 1310. The van der Waals surface area contributed by atoms with Crippen LogP contribution in [0.25, 0.3) is 6.08 Å². The molecular weight excluding hydrogens is 475 g/mol. The average molecular weight is 495 g/mol. The molecule has 4 rings (SSSR count). The van der Waals surface area contributed by atoms with Crippen LogP contribution in [0.5, 0.6) is 11.5 Å². The van der Waals surface area contributed by atoms with E-state index in [2.05, 4.69) is 0 Å². The number of nitrogens with zero attached hydrogens (tertiary/aromatic N) is 2. The van der Waals surface area contributed by atoms with Gasteiger partial charge in [0.05, 0.1) is 23.5 Å². The fraction of sp³-hybridized carbons (Fsp3) is 0.120. The maximum atomic E-state index is 13.2. The van der Waals surface area contributed by atoms with E-state index in [1.807, 2.05) is 0 Å². The molecule has 1 aliphatic heterocycles. The summed E-state index contributed by atoms with van der Waals surface area (Å²) in [4.78, 5) is 37.1. The summed E-state index contributed by atoms with van der Waals surface area (Å²) in [6, 6.07) is 16.7. The van der Waals surface area contributed by atoms with Crippen molar-refractivity contribution in [2.75, 3.05) is 7.11 Å². The number of halogens is 1. The molecule has 0 spiro atoms. The maximum Gasteiger partial charge on any atom is 0.293 e. The minimum absolute atomic E-state index is 0.00790. The van der Waals surface area contributed by atoms with Gasteiger partial charge in [0.2, 0.25) is 0 Å². The Morgan fingerprint density at radius 3 is 2.37 bits per heavy atom. The first-order valence-electron chi connectivity index (χ1n) is 10.4. The quantitative estimate of drug-likeness (QED) is 0.230. The third kappa shape index (κ3) is 5.49. The number of ether oxygens (including phenoxy) is 2. The minimum Gasteiger partial charge on any atom is -0.493 e. The highest BCUT2D eigenvalue weighted by molar-refractivity contribution is 8.18. The molecule has 0 aromatic heterocycles. The molecule has 0 N–H and O–H groups in total. The molecule has 0 bridgehead atoms. The molecule has 8 nitrogen and oxygen atoms in total. The lowest BCUT2D eigenvalue weighted by atomic mass is 10.1. The number of hydrogen-bond donors (Lipinski definition) is 0. The van der Waals surface area contributed by atoms with Gasteiger partial charge in [-0.1, -0.05) is 36.4 Å². The smallest absolute Gasteiger partial charge is 0.293 e. The van der Waals surface area contributed by atoms with Crippen molar-refractivity contribution in [2.45, 2.75) is 13.2 Å². The zero-order valence-corrected chi connectivity index (χ0v) is 19.3. The molecule has 0 unspecified atom stereocenters. The van der Waals surface area contributed by atoms with Crippen LogP contribution in [0.2, 0.25) is 0 Å². The highest BCUT2D eigenvalue weighted by atomic mass is 32.2. The van der Waals surface area contributed by atoms with E-state index in [1.54, 1.807) is 36.4 Å². The Kier molecular flexibility index (Phi) is 7.11. The Labute approximate surface area is 204 Å². The van der Waals surface area contributed by atoms with Gasteiger partial charge in [-0.05, 0) is 47.2 Å². The highest BCUT2D eigenvalue weighted by Crippen LogP contribution is 2.38. The number of nitro groups is 1. The van der Waals surface area contributed by atoms with Gasteiger partial charge in [-0.2, -0.15) is 0 Å². The minimum atomic E-state index is -0.517. The second-order valence-electron chi connectivity index (χ2n) is 7.49. The number of rotatable bonds is 8. The molecule has 3 aromatic carbocycles. The largest absolute Gasteiger partial charge is 0.493 e. The van der Waals surface area contributed by atoms with Crippen LogP contribution in [0.4, 0.5) is 14.9 Å². The van der Waals surface area contributed by atoms with Crippen molar-refractivity contribution >= 4 is 34.7 Å². The number of nitro benzene ring substituents is 1. The summed E-state index contributed by atoms with van der Waals surface area (Å²) in [6.07, 6.45) is 1.56. The number of non-ortho nitro benzene ring substituents is 1. The number of methoxy groups -OCH3 is 1. The Hall–Kier alpha value is -4.18. The summed E-state index contributed by atoms with van der Waals surface area (Å²) in [6.45, 7) is 0.134. The molecule has 1 heterocycles. The summed E-state index contributed by atoms with van der Waals surface area (Å²) >= 11 is 0.794. The molecule has 1 fully saturated rings. The third-order valence-corrected chi connectivity index (χ3v) is 6.08. The van der Waals surface area contributed by atoms with Gasteiger partial charge in [-0.25, -0.2) is 4.39 Å². The standard InChI is InChI=1S/C25H19FN2O6S/c1-33-21-4-2-3-18(23(21)34-15-17-5-9-19(26)10-6-17)13-22-24(29)27(25(30)35-22)14-16-7-11-20(12-8-16)28(31)32/h2-13H,14-15H2,1H3/b22-13-. The first-order valence-corrected chi connectivity index (χ1v) is 11.2. The molecule has 178 valence electrons. The monoisotopic (exact) mass is 494 g/mol. The summed E-state index contributed by atoms with van der Waals surface area (Å²) in [7, 11) is 1.49. The number of amides is 2. The first-order chi connectivity index (χ1) is 16.9. The molecule has 35 heavy (non-hydrogen) atoms. The van der Waals surface area contributed by atoms with Crippen LogP contribution in [0.3, 0.4) is 0 Å². The van der Waals surface area contributed by atoms with Gasteiger partial charge in [-0.15, -0.1) is 0 Å². The van der Waals surface area contributed by atoms with E-state index < -0.39 is 16.1 Å². The van der Waals surface area contributed by atoms with E-state index in [0.717, 1.165) is 22.2 Å². The predicted octanol–water partition coefficient (Wildman–Crippen LogP) is 5.56. The van der Waals surface area contributed by atoms with E-state index in [-0.39, 0.29) is 29.6 Å². The summed E-state index contributed by atoms with van der Waals surface area (Å²) < 4.78 is 24.5. The predicted molar refractivity (Wildman–Crippen MR) is 128 cm³/mol. The van der Waals surface area contributed by atoms with Gasteiger partial charge in [-0.3, -0.25) is 24.6 Å². The van der Waals surface area contributed by atoms with E-state index in [1.165, 1.54) is 43.5 Å². The fourth-order valence-electron chi connectivity index (χ4n) is 3.38. The molecule has 2 amide bonds. The van der Waals surface area contributed by atoms with E-state index in [4.69, 9.17) is 9.47 Å². The number of imide groups is 1. The van der Waals surface area contributed by atoms with Gasteiger partial charge < -0.3 is 9.47 Å². The molecule has 0 radical (unpaired) electrons. The van der Waals surface area contributed by atoms with Crippen LogP contribution in [-0.4, -0.2) is 28.1 Å². The highest BCUT2D eigenvalue weighted by Gasteiger charge is 2.35. The topological polar surface area (TPSA) is 99.0 Å². The van der Waals surface area contributed by atoms with Crippen LogP contribution in [0, 0.1) is 15.9 Å².